The Kier molecular flexibility index (Phi) is 10.7. The highest BCUT2D eigenvalue weighted by Gasteiger charge is 2.25. The molecule has 6 nitrogen and oxygen atoms in total. The van der Waals surface area contributed by atoms with Crippen LogP contribution in [-0.4, -0.2) is 34.4 Å². The minimum atomic E-state index is -2.85. The molecule has 0 atom stereocenters. The van der Waals surface area contributed by atoms with Crippen LogP contribution in [0.15, 0.2) is 18.2 Å². The summed E-state index contributed by atoms with van der Waals surface area (Å²) in [7, 11) is 0. The highest BCUT2D eigenvalue weighted by molar-refractivity contribution is 6.28. The Labute approximate surface area is 191 Å². The largest absolute Gasteiger partial charge is 0.365 e. The van der Waals surface area contributed by atoms with Crippen molar-refractivity contribution < 1.29 is 18.0 Å². The zero-order chi connectivity index (χ0) is 23.5. The number of rotatable bonds is 10. The normalized spacial score (nSPS) is 12.8. The quantitative estimate of drug-likeness (QED) is 0.287. The van der Waals surface area contributed by atoms with E-state index in [0.717, 1.165) is 49.7 Å². The number of carbonyl (C=O) groups is 1. The Balaban J connectivity index is 0.000000534. The van der Waals surface area contributed by atoms with E-state index in [9.17, 15) is 18.0 Å². The number of hydrogen-bond acceptors (Lipinski definition) is 5. The van der Waals surface area contributed by atoms with Crippen molar-refractivity contribution in [3.8, 4) is 0 Å². The molecule has 1 aliphatic heterocycles. The third-order valence-corrected chi connectivity index (χ3v) is 5.09. The Morgan fingerprint density at radius 2 is 2.00 bits per heavy atom. The topological polar surface area (TPSA) is 70.2 Å². The van der Waals surface area contributed by atoms with E-state index in [2.05, 4.69) is 32.4 Å². The number of unbranched alkanes of at least 4 members (excludes halogenated alkanes) is 1. The number of alkyl halides is 2. The smallest absolute Gasteiger partial charge is 0.266 e. The minimum Gasteiger partial charge on any atom is -0.365 e. The van der Waals surface area contributed by atoms with Gasteiger partial charge in [0.1, 0.15) is 11.6 Å². The zero-order valence-corrected chi connectivity index (χ0v) is 19.1. The first kappa shape index (κ1) is 25.9. The van der Waals surface area contributed by atoms with Crippen LogP contribution in [0.1, 0.15) is 61.9 Å². The summed E-state index contributed by atoms with van der Waals surface area (Å²) in [5, 5.41) is 5.67. The number of amides is 1. The lowest BCUT2D eigenvalue weighted by Crippen LogP contribution is -2.17. The number of benzene rings is 1. The first-order chi connectivity index (χ1) is 15.4. The first-order valence-electron chi connectivity index (χ1n) is 10.6. The van der Waals surface area contributed by atoms with Gasteiger partial charge in [-0.05, 0) is 31.0 Å². The molecular formula is C22H29ClF3N5O. The minimum absolute atomic E-state index is 0.0428. The van der Waals surface area contributed by atoms with E-state index in [1.54, 1.807) is 0 Å². The van der Waals surface area contributed by atoms with Gasteiger partial charge in [-0.1, -0.05) is 38.5 Å². The van der Waals surface area contributed by atoms with Crippen LogP contribution in [-0.2, 0) is 24.4 Å². The molecule has 1 aromatic carbocycles. The predicted molar refractivity (Wildman–Crippen MR) is 119 cm³/mol. The van der Waals surface area contributed by atoms with E-state index in [0.29, 0.717) is 25.3 Å². The highest BCUT2D eigenvalue weighted by Crippen LogP contribution is 2.29. The molecule has 2 N–H and O–H groups in total. The molecule has 1 amide bonds. The summed E-state index contributed by atoms with van der Waals surface area (Å²) in [6.45, 7) is 7.32. The third kappa shape index (κ3) is 7.34. The number of hydrogen-bond donors (Lipinski definition) is 2. The first-order valence-corrected chi connectivity index (χ1v) is 11.0. The Hall–Kier alpha value is -2.39. The van der Waals surface area contributed by atoms with Crippen LogP contribution in [0.4, 0.5) is 19.0 Å². The Morgan fingerprint density at radius 1 is 1.22 bits per heavy atom. The number of aromatic nitrogens is 2. The van der Waals surface area contributed by atoms with Crippen molar-refractivity contribution in [2.45, 2.75) is 59.2 Å². The van der Waals surface area contributed by atoms with Crippen molar-refractivity contribution in [3.05, 3.63) is 51.7 Å². The Morgan fingerprint density at radius 3 is 2.62 bits per heavy atom. The van der Waals surface area contributed by atoms with E-state index in [1.165, 1.54) is 12.1 Å². The molecule has 0 aliphatic carbocycles. The van der Waals surface area contributed by atoms with E-state index in [4.69, 9.17) is 11.6 Å². The number of anilines is 1. The molecule has 2 aromatic rings. The van der Waals surface area contributed by atoms with Gasteiger partial charge >= 0.3 is 0 Å². The van der Waals surface area contributed by atoms with Gasteiger partial charge in [-0.15, -0.1) is 0 Å². The van der Waals surface area contributed by atoms with Crippen molar-refractivity contribution in [1.29, 1.82) is 0 Å². The SMILES string of the molecule is CCCCN1Cc2nc(Cl)nc(NCc3cccc(C(F)F)c3F)c2C1.CCCNC=O. The molecule has 10 heteroatoms. The van der Waals surface area contributed by atoms with Gasteiger partial charge in [0, 0.05) is 37.3 Å². The fourth-order valence-corrected chi connectivity index (χ4v) is 3.45. The van der Waals surface area contributed by atoms with Gasteiger partial charge in [0.25, 0.3) is 6.43 Å². The highest BCUT2D eigenvalue weighted by atomic mass is 35.5. The van der Waals surface area contributed by atoms with Crippen LogP contribution in [0.3, 0.4) is 0 Å². The van der Waals surface area contributed by atoms with E-state index < -0.39 is 17.8 Å². The maximum Gasteiger partial charge on any atom is 0.266 e. The van der Waals surface area contributed by atoms with Gasteiger partial charge in [-0.3, -0.25) is 9.69 Å². The van der Waals surface area contributed by atoms with Crippen LogP contribution >= 0.6 is 11.6 Å². The molecule has 3 rings (SSSR count). The second kappa shape index (κ2) is 13.2. The molecule has 0 saturated heterocycles. The predicted octanol–water partition coefficient (Wildman–Crippen LogP) is 5.08. The zero-order valence-electron chi connectivity index (χ0n) is 18.3. The summed E-state index contributed by atoms with van der Waals surface area (Å²) in [4.78, 5) is 20.2. The van der Waals surface area contributed by atoms with E-state index in [-0.39, 0.29) is 17.4 Å². The second-order valence-corrected chi connectivity index (χ2v) is 7.72. The van der Waals surface area contributed by atoms with E-state index >= 15 is 0 Å². The van der Waals surface area contributed by atoms with Gasteiger partial charge in [0.15, 0.2) is 0 Å². The van der Waals surface area contributed by atoms with Crippen molar-refractivity contribution >= 4 is 23.8 Å². The average molecular weight is 472 g/mol. The summed E-state index contributed by atoms with van der Waals surface area (Å²) in [5.74, 6) is -0.364. The van der Waals surface area contributed by atoms with Crippen molar-refractivity contribution in [1.82, 2.24) is 20.2 Å². The molecular weight excluding hydrogens is 443 g/mol. The number of nitrogens with zero attached hydrogens (tertiary/aromatic N) is 3. The lowest BCUT2D eigenvalue weighted by atomic mass is 10.1. The van der Waals surface area contributed by atoms with Crippen LogP contribution in [0.25, 0.3) is 0 Å². The lowest BCUT2D eigenvalue weighted by molar-refractivity contribution is -0.109. The van der Waals surface area contributed by atoms with Crippen LogP contribution in [0, 0.1) is 5.82 Å². The van der Waals surface area contributed by atoms with Crippen LogP contribution < -0.4 is 10.6 Å². The monoisotopic (exact) mass is 471 g/mol. The lowest BCUT2D eigenvalue weighted by Gasteiger charge is -2.14. The molecule has 0 saturated carbocycles. The van der Waals surface area contributed by atoms with Crippen molar-refractivity contribution in [3.63, 3.8) is 0 Å². The second-order valence-electron chi connectivity index (χ2n) is 7.38. The molecule has 1 aromatic heterocycles. The molecule has 1 aliphatic rings. The number of carbonyl (C=O) groups excluding carboxylic acids is 1. The summed E-state index contributed by atoms with van der Waals surface area (Å²) >= 11 is 6.01. The summed E-state index contributed by atoms with van der Waals surface area (Å²) in [6.07, 6.45) is 1.07. The van der Waals surface area contributed by atoms with Crippen LogP contribution in [0.5, 0.6) is 0 Å². The molecule has 0 fully saturated rings. The standard InChI is InChI=1S/C18H20ClF3N4.C4H9NO/c1-2-3-7-26-9-13-14(10-26)24-18(19)25-17(13)23-8-11-5-4-6-12(15(11)20)16(21)22;1-2-3-5-4-6/h4-6,16H,2-3,7-10H2,1H3,(H,23,24,25);4H,2-3H2,1H3,(H,5,6). The average Bonchev–Trinajstić information content (AvgIpc) is 3.18. The molecule has 0 spiro atoms. The molecule has 0 radical (unpaired) electrons. The van der Waals surface area contributed by atoms with Crippen LogP contribution in [0.2, 0.25) is 5.28 Å². The summed E-state index contributed by atoms with van der Waals surface area (Å²) in [5.41, 5.74) is 1.34. The number of nitrogens with one attached hydrogen (secondary N) is 2. The van der Waals surface area contributed by atoms with Crippen molar-refractivity contribution in [2.24, 2.45) is 0 Å². The third-order valence-electron chi connectivity index (χ3n) is 4.92. The van der Waals surface area contributed by atoms with E-state index in [1.807, 2.05) is 6.92 Å². The van der Waals surface area contributed by atoms with Gasteiger partial charge in [0.05, 0.1) is 11.3 Å². The van der Waals surface area contributed by atoms with Gasteiger partial charge < -0.3 is 10.6 Å². The molecule has 2 heterocycles. The maximum absolute atomic E-state index is 14.2. The number of halogens is 4. The fourth-order valence-electron chi connectivity index (χ4n) is 3.26. The van der Waals surface area contributed by atoms with Gasteiger partial charge in [0.2, 0.25) is 11.7 Å². The maximum atomic E-state index is 14.2. The summed E-state index contributed by atoms with van der Waals surface area (Å²) in [6, 6.07) is 3.99. The molecule has 32 heavy (non-hydrogen) atoms. The number of fused-ring (bicyclic) bond motifs is 1. The van der Waals surface area contributed by atoms with Crippen molar-refractivity contribution in [2.75, 3.05) is 18.4 Å². The fraction of sp³-hybridized carbons (Fsp3) is 0.500. The summed E-state index contributed by atoms with van der Waals surface area (Å²) < 4.78 is 39.9. The van der Waals surface area contributed by atoms with Gasteiger partial charge in [-0.2, -0.15) is 0 Å². The van der Waals surface area contributed by atoms with Gasteiger partial charge in [-0.25, -0.2) is 23.1 Å². The molecule has 0 unspecified atom stereocenters. The molecule has 0 bridgehead atoms. The Bertz CT molecular complexity index is 885. The molecule has 176 valence electrons.